The monoisotopic (exact) mass is 405 g/mol. The molecule has 0 N–H and O–H groups in total. The van der Waals surface area contributed by atoms with Crippen LogP contribution in [0.15, 0.2) is 59.6 Å². The summed E-state index contributed by atoms with van der Waals surface area (Å²) < 4.78 is 14.1. The van der Waals surface area contributed by atoms with Gasteiger partial charge in [-0.25, -0.2) is 4.39 Å². The molecule has 0 saturated carbocycles. The van der Waals surface area contributed by atoms with Crippen molar-refractivity contribution >= 4 is 17.3 Å². The van der Waals surface area contributed by atoms with Crippen molar-refractivity contribution in [3.63, 3.8) is 0 Å². The van der Waals surface area contributed by atoms with E-state index < -0.39 is 5.54 Å². The zero-order valence-electron chi connectivity index (χ0n) is 17.4. The van der Waals surface area contributed by atoms with E-state index in [2.05, 4.69) is 36.1 Å². The van der Waals surface area contributed by atoms with Crippen LogP contribution in [0.5, 0.6) is 0 Å². The highest BCUT2D eigenvalue weighted by Crippen LogP contribution is 2.47. The molecule has 3 aliphatic rings. The molecule has 0 aromatic heterocycles. The van der Waals surface area contributed by atoms with Gasteiger partial charge in [0.1, 0.15) is 5.82 Å². The van der Waals surface area contributed by atoms with Crippen LogP contribution in [0.25, 0.3) is 0 Å². The Labute approximate surface area is 177 Å². The zero-order valence-corrected chi connectivity index (χ0v) is 17.4. The molecule has 0 aliphatic carbocycles. The molecule has 4 nitrogen and oxygen atoms in total. The third-order valence-corrected chi connectivity index (χ3v) is 7.05. The predicted octanol–water partition coefficient (Wildman–Crippen LogP) is 4.45. The SMILES string of the molecule is C[C@H]1C[C@]2(CCN1Cc1ccccc1)C1=NCCCC1C(=O)N2c1cccc(F)c1. The number of hydrogen-bond donors (Lipinski definition) is 0. The van der Waals surface area contributed by atoms with Crippen LogP contribution in [0, 0.1) is 11.7 Å². The Morgan fingerprint density at radius 3 is 2.77 bits per heavy atom. The molecule has 2 aromatic rings. The minimum Gasteiger partial charge on any atom is -0.300 e. The fourth-order valence-electron chi connectivity index (χ4n) is 5.68. The smallest absolute Gasteiger partial charge is 0.236 e. The Kier molecular flexibility index (Phi) is 4.94. The van der Waals surface area contributed by atoms with Crippen molar-refractivity contribution in [2.45, 2.75) is 50.7 Å². The van der Waals surface area contributed by atoms with Crippen molar-refractivity contribution in [2.24, 2.45) is 10.9 Å². The Bertz CT molecular complexity index is 975. The third-order valence-electron chi connectivity index (χ3n) is 7.05. The predicted molar refractivity (Wildman–Crippen MR) is 117 cm³/mol. The van der Waals surface area contributed by atoms with Gasteiger partial charge in [-0.2, -0.15) is 0 Å². The molecule has 5 rings (SSSR count). The molecule has 1 amide bonds. The van der Waals surface area contributed by atoms with Gasteiger partial charge in [0.05, 0.1) is 17.2 Å². The van der Waals surface area contributed by atoms with Gasteiger partial charge in [0.2, 0.25) is 5.91 Å². The van der Waals surface area contributed by atoms with Crippen LogP contribution >= 0.6 is 0 Å². The van der Waals surface area contributed by atoms with Crippen molar-refractivity contribution < 1.29 is 9.18 Å². The highest BCUT2D eigenvalue weighted by molar-refractivity contribution is 6.24. The summed E-state index contributed by atoms with van der Waals surface area (Å²) in [5.74, 6) is -0.348. The normalized spacial score (nSPS) is 29.2. The average Bonchev–Trinajstić information content (AvgIpc) is 2.99. The Balaban J connectivity index is 1.49. The van der Waals surface area contributed by atoms with Crippen LogP contribution in [-0.2, 0) is 11.3 Å². The number of rotatable bonds is 3. The van der Waals surface area contributed by atoms with Crippen LogP contribution in [-0.4, -0.2) is 41.2 Å². The van der Waals surface area contributed by atoms with E-state index in [0.717, 1.165) is 51.0 Å². The van der Waals surface area contributed by atoms with Gasteiger partial charge in [0.15, 0.2) is 0 Å². The molecule has 156 valence electrons. The Hall–Kier alpha value is -2.53. The first-order valence-corrected chi connectivity index (χ1v) is 11.0. The molecule has 1 spiro atoms. The summed E-state index contributed by atoms with van der Waals surface area (Å²) in [6.45, 7) is 4.83. The summed E-state index contributed by atoms with van der Waals surface area (Å²) >= 11 is 0. The largest absolute Gasteiger partial charge is 0.300 e. The standard InChI is InChI=1S/C25H28FN3O/c1-18-16-25(12-14-28(18)17-19-7-3-2-4-8-19)23-22(11-6-13-27-23)24(30)29(25)21-10-5-9-20(26)15-21/h2-5,7-10,15,18,22H,6,11-14,16-17H2,1H3/t18-,22?,25+/m0/s1. The number of halogens is 1. The van der Waals surface area contributed by atoms with Crippen molar-refractivity contribution in [3.8, 4) is 0 Å². The molecule has 1 unspecified atom stereocenters. The topological polar surface area (TPSA) is 35.9 Å². The minimum absolute atomic E-state index is 0.0998. The minimum atomic E-state index is -0.428. The number of likely N-dealkylation sites (tertiary alicyclic amines) is 1. The van der Waals surface area contributed by atoms with Crippen molar-refractivity contribution in [3.05, 3.63) is 66.0 Å². The van der Waals surface area contributed by atoms with Crippen LogP contribution in [0.1, 0.15) is 38.2 Å². The van der Waals surface area contributed by atoms with Crippen LogP contribution in [0.3, 0.4) is 0 Å². The van der Waals surface area contributed by atoms with Gasteiger partial charge < -0.3 is 4.90 Å². The number of fused-ring (bicyclic) bond motifs is 2. The molecule has 0 bridgehead atoms. The van der Waals surface area contributed by atoms with Gasteiger partial charge in [0, 0.05) is 31.4 Å². The number of carbonyl (C=O) groups is 1. The summed E-state index contributed by atoms with van der Waals surface area (Å²) in [7, 11) is 0. The fourth-order valence-corrected chi connectivity index (χ4v) is 5.68. The molecular weight excluding hydrogens is 377 g/mol. The van der Waals surface area contributed by atoms with E-state index in [4.69, 9.17) is 4.99 Å². The lowest BCUT2D eigenvalue weighted by molar-refractivity contribution is -0.120. The number of hydrogen-bond acceptors (Lipinski definition) is 3. The quantitative estimate of drug-likeness (QED) is 0.757. The molecule has 2 saturated heterocycles. The highest BCUT2D eigenvalue weighted by Gasteiger charge is 2.58. The lowest BCUT2D eigenvalue weighted by Gasteiger charge is -2.48. The molecule has 0 radical (unpaired) electrons. The maximum Gasteiger partial charge on any atom is 0.236 e. The summed E-state index contributed by atoms with van der Waals surface area (Å²) in [6, 6.07) is 17.3. The molecule has 5 heteroatoms. The third kappa shape index (κ3) is 3.16. The average molecular weight is 406 g/mol. The van der Waals surface area contributed by atoms with E-state index in [1.165, 1.54) is 17.7 Å². The summed E-state index contributed by atoms with van der Waals surface area (Å²) in [5, 5.41) is 0. The first-order chi connectivity index (χ1) is 14.6. The molecule has 30 heavy (non-hydrogen) atoms. The van der Waals surface area contributed by atoms with Gasteiger partial charge in [-0.15, -0.1) is 0 Å². The molecule has 2 fully saturated rings. The molecule has 3 atom stereocenters. The Morgan fingerprint density at radius 1 is 1.17 bits per heavy atom. The number of benzene rings is 2. The number of piperidine rings is 1. The maximum atomic E-state index is 14.1. The van der Waals surface area contributed by atoms with Gasteiger partial charge in [-0.3, -0.25) is 14.7 Å². The summed E-state index contributed by atoms with van der Waals surface area (Å²) in [6.07, 6.45) is 3.47. The second-order valence-electron chi connectivity index (χ2n) is 8.91. The van der Waals surface area contributed by atoms with E-state index in [0.29, 0.717) is 11.7 Å². The molecule has 2 aromatic carbocycles. The zero-order chi connectivity index (χ0) is 20.7. The maximum absolute atomic E-state index is 14.1. The van der Waals surface area contributed by atoms with Gasteiger partial charge >= 0.3 is 0 Å². The number of aliphatic imine (C=N–C) groups is 1. The second-order valence-corrected chi connectivity index (χ2v) is 8.91. The van der Waals surface area contributed by atoms with Gasteiger partial charge in [-0.1, -0.05) is 36.4 Å². The highest BCUT2D eigenvalue weighted by atomic mass is 19.1. The number of anilines is 1. The van der Waals surface area contributed by atoms with E-state index in [1.54, 1.807) is 6.07 Å². The van der Waals surface area contributed by atoms with E-state index >= 15 is 0 Å². The van der Waals surface area contributed by atoms with Gasteiger partial charge in [0.25, 0.3) is 0 Å². The van der Waals surface area contributed by atoms with E-state index in [1.807, 2.05) is 17.0 Å². The van der Waals surface area contributed by atoms with E-state index in [-0.39, 0.29) is 17.6 Å². The van der Waals surface area contributed by atoms with Crippen LogP contribution in [0.2, 0.25) is 0 Å². The summed E-state index contributed by atoms with van der Waals surface area (Å²) in [5.41, 5.74) is 2.59. The van der Waals surface area contributed by atoms with Crippen molar-refractivity contribution in [1.82, 2.24) is 4.90 Å². The molecule has 3 aliphatic heterocycles. The second kappa shape index (κ2) is 7.62. The van der Waals surface area contributed by atoms with Crippen LogP contribution in [0.4, 0.5) is 10.1 Å². The lowest BCUT2D eigenvalue weighted by atomic mass is 9.76. The number of carbonyl (C=O) groups excluding carboxylic acids is 1. The van der Waals surface area contributed by atoms with Crippen molar-refractivity contribution in [1.29, 1.82) is 0 Å². The first kappa shape index (κ1) is 19.4. The van der Waals surface area contributed by atoms with Crippen molar-refractivity contribution in [2.75, 3.05) is 18.0 Å². The number of nitrogens with zero attached hydrogens (tertiary/aromatic N) is 3. The van der Waals surface area contributed by atoms with Gasteiger partial charge in [-0.05, 0) is 56.4 Å². The van der Waals surface area contributed by atoms with E-state index in [9.17, 15) is 9.18 Å². The Morgan fingerprint density at radius 2 is 2.00 bits per heavy atom. The first-order valence-electron chi connectivity index (χ1n) is 11.0. The molecule has 3 heterocycles. The fraction of sp³-hybridized carbons (Fsp3) is 0.440. The lowest BCUT2D eigenvalue weighted by Crippen LogP contribution is -2.59. The van der Waals surface area contributed by atoms with Crippen LogP contribution < -0.4 is 4.90 Å². The summed E-state index contributed by atoms with van der Waals surface area (Å²) in [4.78, 5) is 22.8. The molecular formula is C25H28FN3O. The number of amides is 1.